The smallest absolute Gasteiger partial charge is 0.333 e. The molecule has 4 heteroatoms. The van der Waals surface area contributed by atoms with Crippen molar-refractivity contribution in [3.05, 3.63) is 11.6 Å². The predicted molar refractivity (Wildman–Crippen MR) is 66.9 cm³/mol. The van der Waals surface area contributed by atoms with E-state index in [0.29, 0.717) is 37.7 Å². The number of hydrogen-bond donors (Lipinski definition) is 0. The molecule has 0 bridgehead atoms. The molecule has 0 rings (SSSR count). The molecule has 100 valence electrons. The monoisotopic (exact) mass is 244 g/mol. The van der Waals surface area contributed by atoms with E-state index in [9.17, 15) is 4.79 Å². The third kappa shape index (κ3) is 8.89. The lowest BCUT2D eigenvalue weighted by Crippen LogP contribution is -2.09. The molecule has 17 heavy (non-hydrogen) atoms. The first-order valence-corrected chi connectivity index (χ1v) is 6.04. The Bertz CT molecular complexity index is 234. The fourth-order valence-corrected chi connectivity index (χ4v) is 1.18. The zero-order valence-corrected chi connectivity index (χ0v) is 11.3. The van der Waals surface area contributed by atoms with E-state index in [1.807, 2.05) is 6.92 Å². The van der Waals surface area contributed by atoms with Crippen LogP contribution in [0.1, 0.15) is 27.2 Å². The maximum Gasteiger partial charge on any atom is 0.333 e. The van der Waals surface area contributed by atoms with E-state index in [1.165, 1.54) is 7.11 Å². The maximum atomic E-state index is 11.2. The fourth-order valence-electron chi connectivity index (χ4n) is 1.18. The van der Waals surface area contributed by atoms with Crippen molar-refractivity contribution in [2.24, 2.45) is 5.92 Å². The van der Waals surface area contributed by atoms with Crippen molar-refractivity contribution < 1.29 is 19.0 Å². The molecule has 0 unspecified atom stereocenters. The minimum absolute atomic E-state index is 0.285. The highest BCUT2D eigenvalue weighted by molar-refractivity contribution is 5.88. The van der Waals surface area contributed by atoms with Crippen LogP contribution < -0.4 is 0 Å². The lowest BCUT2D eigenvalue weighted by molar-refractivity contribution is -0.136. The molecule has 0 atom stereocenters. The number of hydrogen-bond acceptors (Lipinski definition) is 4. The summed E-state index contributed by atoms with van der Waals surface area (Å²) in [5.41, 5.74) is 0.649. The van der Waals surface area contributed by atoms with Gasteiger partial charge in [-0.05, 0) is 18.4 Å². The first kappa shape index (κ1) is 16.1. The van der Waals surface area contributed by atoms with Gasteiger partial charge in [0.2, 0.25) is 0 Å². The van der Waals surface area contributed by atoms with Gasteiger partial charge in [0.05, 0.1) is 26.9 Å². The summed E-state index contributed by atoms with van der Waals surface area (Å²) in [4.78, 5) is 11.2. The SMILES string of the molecule is CCC(=CCOCCOCC(C)C)C(=O)OC. The Morgan fingerprint density at radius 2 is 1.88 bits per heavy atom. The average Bonchev–Trinajstić information content (AvgIpc) is 2.31. The molecule has 0 heterocycles. The summed E-state index contributed by atoms with van der Waals surface area (Å²) in [5.74, 6) is 0.257. The quantitative estimate of drug-likeness (QED) is 0.354. The summed E-state index contributed by atoms with van der Waals surface area (Å²) in [7, 11) is 1.38. The van der Waals surface area contributed by atoms with Gasteiger partial charge in [-0.15, -0.1) is 0 Å². The van der Waals surface area contributed by atoms with Crippen LogP contribution in [-0.2, 0) is 19.0 Å². The van der Waals surface area contributed by atoms with E-state index in [-0.39, 0.29) is 5.97 Å². The van der Waals surface area contributed by atoms with Crippen molar-refractivity contribution in [1.29, 1.82) is 0 Å². The standard InChI is InChI=1S/C13H24O4/c1-5-12(13(14)15-4)6-7-16-8-9-17-10-11(2)3/h6,11H,5,7-10H2,1-4H3. The molecular formula is C13H24O4. The van der Waals surface area contributed by atoms with Crippen LogP contribution in [0, 0.1) is 5.92 Å². The molecule has 0 aromatic rings. The summed E-state index contributed by atoms with van der Waals surface area (Å²) in [6.07, 6.45) is 2.41. The highest BCUT2D eigenvalue weighted by Gasteiger charge is 2.05. The Hall–Kier alpha value is -0.870. The van der Waals surface area contributed by atoms with E-state index >= 15 is 0 Å². The zero-order chi connectivity index (χ0) is 13.1. The maximum absolute atomic E-state index is 11.2. The molecule has 4 nitrogen and oxygen atoms in total. The number of ether oxygens (including phenoxy) is 3. The third-order valence-corrected chi connectivity index (χ3v) is 2.10. The molecule has 0 spiro atoms. The van der Waals surface area contributed by atoms with Gasteiger partial charge < -0.3 is 14.2 Å². The largest absolute Gasteiger partial charge is 0.466 e. The van der Waals surface area contributed by atoms with Crippen LogP contribution in [0.5, 0.6) is 0 Å². The van der Waals surface area contributed by atoms with Crippen LogP contribution in [0.2, 0.25) is 0 Å². The predicted octanol–water partition coefficient (Wildman–Crippen LogP) is 2.19. The van der Waals surface area contributed by atoms with E-state index in [0.717, 1.165) is 6.61 Å². The van der Waals surface area contributed by atoms with Gasteiger partial charge in [0.1, 0.15) is 0 Å². The molecule has 0 saturated heterocycles. The molecule has 0 aromatic carbocycles. The molecule has 0 radical (unpaired) electrons. The van der Waals surface area contributed by atoms with Crippen molar-refractivity contribution in [2.75, 3.05) is 33.5 Å². The molecule has 0 aromatic heterocycles. The van der Waals surface area contributed by atoms with Crippen molar-refractivity contribution in [1.82, 2.24) is 0 Å². The molecule has 0 aliphatic carbocycles. The van der Waals surface area contributed by atoms with Crippen LogP contribution in [0.15, 0.2) is 11.6 Å². The summed E-state index contributed by atoms with van der Waals surface area (Å²) >= 11 is 0. The Balaban J connectivity index is 3.60. The summed E-state index contributed by atoms with van der Waals surface area (Å²) < 4.78 is 15.3. The Morgan fingerprint density at radius 1 is 1.24 bits per heavy atom. The van der Waals surface area contributed by atoms with Gasteiger partial charge in [-0.25, -0.2) is 4.79 Å². The number of carbonyl (C=O) groups is 1. The van der Waals surface area contributed by atoms with Crippen molar-refractivity contribution in [2.45, 2.75) is 27.2 Å². The topological polar surface area (TPSA) is 44.8 Å². The van der Waals surface area contributed by atoms with Crippen molar-refractivity contribution in [3.63, 3.8) is 0 Å². The highest BCUT2D eigenvalue weighted by Crippen LogP contribution is 2.02. The van der Waals surface area contributed by atoms with Gasteiger partial charge in [0.25, 0.3) is 0 Å². The van der Waals surface area contributed by atoms with Crippen molar-refractivity contribution >= 4 is 5.97 Å². The zero-order valence-electron chi connectivity index (χ0n) is 11.3. The fraction of sp³-hybridized carbons (Fsp3) is 0.769. The Morgan fingerprint density at radius 3 is 2.41 bits per heavy atom. The summed E-state index contributed by atoms with van der Waals surface area (Å²) in [5, 5.41) is 0. The summed E-state index contributed by atoms with van der Waals surface area (Å²) in [6.45, 7) is 8.42. The molecule has 0 N–H and O–H groups in total. The van der Waals surface area contributed by atoms with Crippen molar-refractivity contribution in [3.8, 4) is 0 Å². The van der Waals surface area contributed by atoms with Gasteiger partial charge in [-0.1, -0.05) is 20.8 Å². The van der Waals surface area contributed by atoms with Gasteiger partial charge in [0.15, 0.2) is 0 Å². The van der Waals surface area contributed by atoms with E-state index in [1.54, 1.807) is 6.08 Å². The van der Waals surface area contributed by atoms with Crippen LogP contribution in [0.25, 0.3) is 0 Å². The van der Waals surface area contributed by atoms with Crippen LogP contribution in [-0.4, -0.2) is 39.5 Å². The first-order valence-electron chi connectivity index (χ1n) is 6.04. The second-order valence-electron chi connectivity index (χ2n) is 4.12. The lowest BCUT2D eigenvalue weighted by Gasteiger charge is -2.07. The Kier molecular flexibility index (Phi) is 9.77. The second-order valence-corrected chi connectivity index (χ2v) is 4.12. The van der Waals surface area contributed by atoms with Crippen LogP contribution in [0.3, 0.4) is 0 Å². The lowest BCUT2D eigenvalue weighted by atomic mass is 10.2. The number of esters is 1. The van der Waals surface area contributed by atoms with Gasteiger partial charge >= 0.3 is 5.97 Å². The first-order chi connectivity index (χ1) is 8.11. The normalized spacial score (nSPS) is 11.9. The van der Waals surface area contributed by atoms with E-state index in [2.05, 4.69) is 18.6 Å². The Labute approximate surface area is 104 Å². The highest BCUT2D eigenvalue weighted by atomic mass is 16.5. The molecule has 0 aliphatic heterocycles. The molecule has 0 fully saturated rings. The van der Waals surface area contributed by atoms with Gasteiger partial charge in [0, 0.05) is 12.2 Å². The minimum atomic E-state index is -0.285. The minimum Gasteiger partial charge on any atom is -0.466 e. The molecule has 0 saturated carbocycles. The van der Waals surface area contributed by atoms with Crippen LogP contribution in [0.4, 0.5) is 0 Å². The van der Waals surface area contributed by atoms with Gasteiger partial charge in [-0.3, -0.25) is 0 Å². The number of methoxy groups -OCH3 is 1. The number of rotatable bonds is 9. The van der Waals surface area contributed by atoms with Gasteiger partial charge in [-0.2, -0.15) is 0 Å². The van der Waals surface area contributed by atoms with E-state index < -0.39 is 0 Å². The van der Waals surface area contributed by atoms with Crippen LogP contribution >= 0.6 is 0 Å². The van der Waals surface area contributed by atoms with E-state index in [4.69, 9.17) is 9.47 Å². The molecule has 0 amide bonds. The molecule has 0 aliphatic rings. The third-order valence-electron chi connectivity index (χ3n) is 2.10. The molecular weight excluding hydrogens is 220 g/mol. The number of carbonyl (C=O) groups excluding carboxylic acids is 1. The summed E-state index contributed by atoms with van der Waals surface area (Å²) in [6, 6.07) is 0. The second kappa shape index (κ2) is 10.3. The average molecular weight is 244 g/mol.